The number of carbonyl (C=O) groups is 2. The van der Waals surface area contributed by atoms with Gasteiger partial charge in [0.25, 0.3) is 0 Å². The Bertz CT molecular complexity index is 428. The number of carboxylic acid groups (broad SMARTS) is 1. The van der Waals surface area contributed by atoms with Crippen LogP contribution in [-0.2, 0) is 16.0 Å². The van der Waals surface area contributed by atoms with Gasteiger partial charge in [0.15, 0.2) is 0 Å². The average molecular weight is 261 g/mol. The highest BCUT2D eigenvalue weighted by molar-refractivity contribution is 5.84. The Hall–Kier alpha value is -2.10. The number of rotatable bonds is 8. The zero-order chi connectivity index (χ0) is 14.1. The zero-order valence-corrected chi connectivity index (χ0v) is 10.8. The highest BCUT2D eigenvalue weighted by Gasteiger charge is 2.19. The largest absolute Gasteiger partial charge is 0.480 e. The molecule has 0 aliphatic rings. The van der Waals surface area contributed by atoms with Crippen LogP contribution in [0, 0.1) is 0 Å². The van der Waals surface area contributed by atoms with E-state index in [0.717, 1.165) is 12.0 Å². The van der Waals surface area contributed by atoms with Crippen molar-refractivity contribution in [3.05, 3.63) is 48.6 Å². The van der Waals surface area contributed by atoms with Gasteiger partial charge in [0, 0.05) is 0 Å². The van der Waals surface area contributed by atoms with Crippen molar-refractivity contribution in [2.24, 2.45) is 0 Å². The molecule has 1 amide bonds. The molecule has 0 heterocycles. The molecule has 0 aliphatic carbocycles. The summed E-state index contributed by atoms with van der Waals surface area (Å²) in [7, 11) is 0. The van der Waals surface area contributed by atoms with Gasteiger partial charge in [0.05, 0.1) is 6.42 Å². The van der Waals surface area contributed by atoms with E-state index >= 15 is 0 Å². The fourth-order valence-corrected chi connectivity index (χ4v) is 1.75. The predicted molar refractivity (Wildman–Crippen MR) is 73.8 cm³/mol. The van der Waals surface area contributed by atoms with Gasteiger partial charge in [-0.05, 0) is 24.8 Å². The molecule has 0 spiro atoms. The Morgan fingerprint density at radius 1 is 1.32 bits per heavy atom. The van der Waals surface area contributed by atoms with Gasteiger partial charge in [-0.15, -0.1) is 6.58 Å². The molecule has 0 aliphatic heterocycles. The zero-order valence-electron chi connectivity index (χ0n) is 10.8. The molecule has 0 aromatic heterocycles. The molecule has 0 saturated carbocycles. The van der Waals surface area contributed by atoms with Crippen LogP contribution in [0.5, 0.6) is 0 Å². The van der Waals surface area contributed by atoms with E-state index in [1.165, 1.54) is 0 Å². The molecule has 0 fully saturated rings. The molecule has 0 saturated heterocycles. The number of amides is 1. The number of hydrogen-bond acceptors (Lipinski definition) is 2. The predicted octanol–water partition coefficient (Wildman–Crippen LogP) is 2.15. The Morgan fingerprint density at radius 3 is 2.58 bits per heavy atom. The summed E-state index contributed by atoms with van der Waals surface area (Å²) in [4.78, 5) is 22.8. The van der Waals surface area contributed by atoms with E-state index in [1.54, 1.807) is 6.08 Å². The van der Waals surface area contributed by atoms with Gasteiger partial charge in [-0.25, -0.2) is 4.79 Å². The molecule has 0 unspecified atom stereocenters. The van der Waals surface area contributed by atoms with Gasteiger partial charge in [-0.1, -0.05) is 36.4 Å². The molecule has 0 bridgehead atoms. The highest BCUT2D eigenvalue weighted by Crippen LogP contribution is 2.04. The van der Waals surface area contributed by atoms with Crippen LogP contribution in [0.25, 0.3) is 0 Å². The molecule has 0 radical (unpaired) electrons. The van der Waals surface area contributed by atoms with Crippen LogP contribution in [0.2, 0.25) is 0 Å². The molecule has 102 valence electrons. The van der Waals surface area contributed by atoms with E-state index in [4.69, 9.17) is 5.11 Å². The lowest BCUT2D eigenvalue weighted by atomic mass is 10.1. The van der Waals surface area contributed by atoms with Crippen molar-refractivity contribution in [3.63, 3.8) is 0 Å². The summed E-state index contributed by atoms with van der Waals surface area (Å²) in [6.07, 6.45) is 3.81. The summed E-state index contributed by atoms with van der Waals surface area (Å²) in [5, 5.41) is 11.6. The fourth-order valence-electron chi connectivity index (χ4n) is 1.75. The maximum atomic E-state index is 11.8. The fraction of sp³-hybridized carbons (Fsp3) is 0.333. The lowest BCUT2D eigenvalue weighted by molar-refractivity contribution is -0.141. The molecule has 1 aromatic carbocycles. The van der Waals surface area contributed by atoms with Crippen molar-refractivity contribution in [2.75, 3.05) is 0 Å². The molecular formula is C15H19NO3. The van der Waals surface area contributed by atoms with Crippen LogP contribution < -0.4 is 5.32 Å². The van der Waals surface area contributed by atoms with Crippen molar-refractivity contribution < 1.29 is 14.7 Å². The molecule has 19 heavy (non-hydrogen) atoms. The monoisotopic (exact) mass is 261 g/mol. The molecule has 1 aromatic rings. The second-order valence-corrected chi connectivity index (χ2v) is 4.34. The van der Waals surface area contributed by atoms with Crippen LogP contribution in [0.15, 0.2) is 43.0 Å². The quantitative estimate of drug-likeness (QED) is 0.556. The van der Waals surface area contributed by atoms with E-state index in [2.05, 4.69) is 11.9 Å². The van der Waals surface area contributed by atoms with Gasteiger partial charge in [-0.2, -0.15) is 0 Å². The molecule has 1 rings (SSSR count). The number of carboxylic acids is 1. The Kier molecular flexibility index (Phi) is 6.36. The minimum absolute atomic E-state index is 0.200. The van der Waals surface area contributed by atoms with Gasteiger partial charge in [-0.3, -0.25) is 4.79 Å². The summed E-state index contributed by atoms with van der Waals surface area (Å²) < 4.78 is 0. The van der Waals surface area contributed by atoms with Gasteiger partial charge >= 0.3 is 5.97 Å². The van der Waals surface area contributed by atoms with Crippen LogP contribution in [-0.4, -0.2) is 23.0 Å². The molecular weight excluding hydrogens is 242 g/mol. The summed E-state index contributed by atoms with van der Waals surface area (Å²) in [5.41, 5.74) is 0.871. The lowest BCUT2D eigenvalue weighted by Gasteiger charge is -2.14. The van der Waals surface area contributed by atoms with Gasteiger partial charge in [0.2, 0.25) is 5.91 Å². The number of aliphatic carboxylic acids is 1. The van der Waals surface area contributed by atoms with E-state index in [-0.39, 0.29) is 12.3 Å². The first-order valence-corrected chi connectivity index (χ1v) is 6.30. The van der Waals surface area contributed by atoms with E-state index in [0.29, 0.717) is 12.8 Å². The third-order valence-corrected chi connectivity index (χ3v) is 2.74. The topological polar surface area (TPSA) is 66.4 Å². The van der Waals surface area contributed by atoms with Crippen molar-refractivity contribution in [1.29, 1.82) is 0 Å². The first-order chi connectivity index (χ1) is 9.13. The van der Waals surface area contributed by atoms with Crippen LogP contribution in [0.4, 0.5) is 0 Å². The average Bonchev–Trinajstić information content (AvgIpc) is 2.38. The van der Waals surface area contributed by atoms with Crippen LogP contribution >= 0.6 is 0 Å². The van der Waals surface area contributed by atoms with Crippen LogP contribution in [0.3, 0.4) is 0 Å². The van der Waals surface area contributed by atoms with E-state index in [1.807, 2.05) is 30.3 Å². The normalized spacial score (nSPS) is 11.6. The maximum Gasteiger partial charge on any atom is 0.326 e. The smallest absolute Gasteiger partial charge is 0.326 e. The van der Waals surface area contributed by atoms with Crippen molar-refractivity contribution in [3.8, 4) is 0 Å². The van der Waals surface area contributed by atoms with Crippen LogP contribution in [0.1, 0.15) is 24.8 Å². The Morgan fingerprint density at radius 2 is 2.00 bits per heavy atom. The number of carbonyl (C=O) groups excluding carboxylic acids is 1. The van der Waals surface area contributed by atoms with Crippen molar-refractivity contribution in [1.82, 2.24) is 5.32 Å². The standard InChI is InChI=1S/C15H19NO3/c1-2-3-5-10-13(15(18)19)16-14(17)11-12-8-6-4-7-9-12/h2,4,6-9,13H,1,3,5,10-11H2,(H,16,17)(H,18,19)/t13-/m1/s1. The van der Waals surface area contributed by atoms with E-state index in [9.17, 15) is 9.59 Å². The minimum Gasteiger partial charge on any atom is -0.480 e. The molecule has 1 atom stereocenters. The Balaban J connectivity index is 2.47. The number of hydrogen-bond donors (Lipinski definition) is 2. The second-order valence-electron chi connectivity index (χ2n) is 4.34. The summed E-state index contributed by atoms with van der Waals surface area (Å²) in [5.74, 6) is -1.26. The summed E-state index contributed by atoms with van der Waals surface area (Å²) >= 11 is 0. The van der Waals surface area contributed by atoms with Gasteiger partial charge in [0.1, 0.15) is 6.04 Å². The number of benzene rings is 1. The molecule has 4 heteroatoms. The number of unbranched alkanes of at least 4 members (excludes halogenated alkanes) is 1. The van der Waals surface area contributed by atoms with Crippen molar-refractivity contribution in [2.45, 2.75) is 31.7 Å². The number of allylic oxidation sites excluding steroid dienone is 1. The molecule has 4 nitrogen and oxygen atoms in total. The van der Waals surface area contributed by atoms with Crippen molar-refractivity contribution >= 4 is 11.9 Å². The minimum atomic E-state index is -0.995. The second kappa shape index (κ2) is 8.08. The Labute approximate surface area is 113 Å². The first-order valence-electron chi connectivity index (χ1n) is 6.30. The third kappa shape index (κ3) is 5.86. The summed E-state index contributed by atoms with van der Waals surface area (Å²) in [6.45, 7) is 3.58. The first kappa shape index (κ1) is 15.0. The SMILES string of the molecule is C=CCCC[C@@H](NC(=O)Cc1ccccc1)C(=O)O. The summed E-state index contributed by atoms with van der Waals surface area (Å²) in [6, 6.07) is 8.43. The third-order valence-electron chi connectivity index (χ3n) is 2.74. The maximum absolute atomic E-state index is 11.8. The number of nitrogens with one attached hydrogen (secondary N) is 1. The lowest BCUT2D eigenvalue weighted by Crippen LogP contribution is -2.41. The highest BCUT2D eigenvalue weighted by atomic mass is 16.4. The van der Waals surface area contributed by atoms with Gasteiger partial charge < -0.3 is 10.4 Å². The molecule has 2 N–H and O–H groups in total. The van der Waals surface area contributed by atoms with E-state index < -0.39 is 12.0 Å².